The van der Waals surface area contributed by atoms with Crippen LogP contribution in [0, 0.1) is 11.8 Å². The van der Waals surface area contributed by atoms with Gasteiger partial charge in [0.05, 0.1) is 5.56 Å². The maximum Gasteiger partial charge on any atom is 0.285 e. The summed E-state index contributed by atoms with van der Waals surface area (Å²) >= 11 is 0. The molecule has 0 unspecified atom stereocenters. The summed E-state index contributed by atoms with van der Waals surface area (Å²) in [6.45, 7) is 0.0749. The molecular weight excluding hydrogens is 350 g/mol. The van der Waals surface area contributed by atoms with Crippen LogP contribution < -0.4 is 5.32 Å². The number of nitrogens with one attached hydrogen (secondary N) is 1. The first-order valence-corrected chi connectivity index (χ1v) is 8.72. The molecule has 1 N–H and O–H groups in total. The predicted molar refractivity (Wildman–Crippen MR) is 87.2 cm³/mol. The summed E-state index contributed by atoms with van der Waals surface area (Å²) in [7, 11) is -2.62. The maximum absolute atomic E-state index is 14.9. The molecule has 3 heterocycles. The molecule has 0 radical (unpaired) electrons. The van der Waals surface area contributed by atoms with Gasteiger partial charge in [-0.3, -0.25) is 0 Å². The topological polar surface area (TPSA) is 76.9 Å². The van der Waals surface area contributed by atoms with Crippen LogP contribution in [0.15, 0.2) is 53.9 Å². The summed E-state index contributed by atoms with van der Waals surface area (Å²) in [5.74, 6) is -1.80. The predicted octanol–water partition coefficient (Wildman–Crippen LogP) is 2.18. The van der Waals surface area contributed by atoms with Crippen LogP contribution in [0.25, 0.3) is 11.3 Å². The average Bonchev–Trinajstić information content (AvgIpc) is 2.94. The van der Waals surface area contributed by atoms with E-state index in [1.54, 1.807) is 13.1 Å². The molecule has 0 spiro atoms. The summed E-state index contributed by atoms with van der Waals surface area (Å²) in [6, 6.07) is 7.02. The molecule has 3 aromatic rings. The van der Waals surface area contributed by atoms with E-state index in [-0.39, 0.29) is 22.7 Å². The fourth-order valence-electron chi connectivity index (χ4n) is 2.41. The molecule has 0 atom stereocenters. The first-order valence-electron chi connectivity index (χ1n) is 7.28. The fraction of sp³-hybridized carbons (Fsp3) is 0.125. The van der Waals surface area contributed by atoms with Gasteiger partial charge in [0.2, 0.25) is 5.95 Å². The largest absolute Gasteiger partial charge is 0.316 e. The summed E-state index contributed by atoms with van der Waals surface area (Å²) in [5.41, 5.74) is -0.580. The van der Waals surface area contributed by atoms with E-state index >= 15 is 0 Å². The lowest BCUT2D eigenvalue weighted by Crippen LogP contribution is -2.15. The highest BCUT2D eigenvalue weighted by molar-refractivity contribution is 7.90. The van der Waals surface area contributed by atoms with Crippen molar-refractivity contribution < 1.29 is 17.2 Å². The number of pyridine rings is 2. The Bertz CT molecular complexity index is 1000. The number of aromatic nitrogens is 3. The Morgan fingerprint density at radius 3 is 2.52 bits per heavy atom. The third-order valence-electron chi connectivity index (χ3n) is 3.53. The zero-order chi connectivity index (χ0) is 18.0. The second-order valence-corrected chi connectivity index (χ2v) is 6.92. The van der Waals surface area contributed by atoms with E-state index in [0.29, 0.717) is 3.97 Å². The lowest BCUT2D eigenvalue weighted by Gasteiger charge is -2.10. The molecule has 0 saturated heterocycles. The van der Waals surface area contributed by atoms with Crippen LogP contribution in [0.3, 0.4) is 0 Å². The summed E-state index contributed by atoms with van der Waals surface area (Å²) in [6.07, 6.45) is 3.63. The third-order valence-corrected chi connectivity index (χ3v) is 5.10. The molecule has 0 aromatic carbocycles. The SMILES string of the molecule is CNCc1cn(S(=O)(=O)c2ccccn2)c(-c2cccnc2F)c1F. The summed E-state index contributed by atoms with van der Waals surface area (Å²) in [5, 5.41) is 2.48. The van der Waals surface area contributed by atoms with Crippen molar-refractivity contribution in [1.82, 2.24) is 19.3 Å². The van der Waals surface area contributed by atoms with Crippen LogP contribution in [0.2, 0.25) is 0 Å². The van der Waals surface area contributed by atoms with E-state index in [2.05, 4.69) is 15.3 Å². The molecule has 6 nitrogen and oxygen atoms in total. The Labute approximate surface area is 143 Å². The van der Waals surface area contributed by atoms with Gasteiger partial charge in [-0.05, 0) is 31.3 Å². The van der Waals surface area contributed by atoms with Gasteiger partial charge >= 0.3 is 0 Å². The van der Waals surface area contributed by atoms with Crippen molar-refractivity contribution in [2.45, 2.75) is 11.6 Å². The highest BCUT2D eigenvalue weighted by Crippen LogP contribution is 2.31. The smallest absolute Gasteiger partial charge is 0.285 e. The lowest BCUT2D eigenvalue weighted by atomic mass is 10.2. The van der Waals surface area contributed by atoms with Gasteiger partial charge in [-0.2, -0.15) is 12.8 Å². The van der Waals surface area contributed by atoms with Gasteiger partial charge in [0, 0.05) is 30.7 Å². The molecule has 0 aliphatic carbocycles. The summed E-state index contributed by atoms with van der Waals surface area (Å²) in [4.78, 5) is 7.29. The van der Waals surface area contributed by atoms with Gasteiger partial charge in [-0.15, -0.1) is 0 Å². The van der Waals surface area contributed by atoms with Crippen LogP contribution in [0.5, 0.6) is 0 Å². The molecule has 3 aromatic heterocycles. The van der Waals surface area contributed by atoms with Gasteiger partial charge < -0.3 is 5.32 Å². The second kappa shape index (κ2) is 6.69. The van der Waals surface area contributed by atoms with Crippen molar-refractivity contribution in [3.05, 3.63) is 66.3 Å². The zero-order valence-corrected chi connectivity index (χ0v) is 14.0. The standard InChI is InChI=1S/C16H14F2N4O2S/c1-19-9-11-10-22(25(23,24)13-6-2-3-7-20-13)15(14(11)17)12-5-4-8-21-16(12)18/h2-8,10,19H,9H2,1H3. The molecule has 0 bridgehead atoms. The monoisotopic (exact) mass is 364 g/mol. The minimum absolute atomic E-state index is 0.0749. The van der Waals surface area contributed by atoms with Crippen LogP contribution >= 0.6 is 0 Å². The maximum atomic E-state index is 14.9. The summed E-state index contributed by atoms with van der Waals surface area (Å²) < 4.78 is 55.4. The van der Waals surface area contributed by atoms with Gasteiger partial charge in [-0.1, -0.05) is 6.07 Å². The molecule has 0 aliphatic heterocycles. The van der Waals surface area contributed by atoms with Crippen LogP contribution in [0.4, 0.5) is 8.78 Å². The fourth-order valence-corrected chi connectivity index (χ4v) is 3.75. The van der Waals surface area contributed by atoms with Crippen molar-refractivity contribution in [2.75, 3.05) is 7.05 Å². The van der Waals surface area contributed by atoms with Crippen molar-refractivity contribution in [1.29, 1.82) is 0 Å². The minimum atomic E-state index is -4.21. The van der Waals surface area contributed by atoms with Gasteiger partial charge in [0.15, 0.2) is 10.8 Å². The Balaban J connectivity index is 2.30. The molecule has 0 aliphatic rings. The number of nitrogens with zero attached hydrogens (tertiary/aromatic N) is 3. The highest BCUT2D eigenvalue weighted by atomic mass is 32.2. The van der Waals surface area contributed by atoms with Crippen LogP contribution in [-0.2, 0) is 16.6 Å². The minimum Gasteiger partial charge on any atom is -0.316 e. The van der Waals surface area contributed by atoms with E-state index in [0.717, 1.165) is 6.20 Å². The van der Waals surface area contributed by atoms with E-state index in [4.69, 9.17) is 0 Å². The molecule has 3 rings (SSSR count). The van der Waals surface area contributed by atoms with E-state index < -0.39 is 27.5 Å². The first kappa shape index (κ1) is 17.2. The Hall–Kier alpha value is -2.65. The quantitative estimate of drug-likeness (QED) is 0.702. The molecule has 9 heteroatoms. The van der Waals surface area contributed by atoms with Crippen molar-refractivity contribution >= 4 is 10.0 Å². The zero-order valence-electron chi connectivity index (χ0n) is 13.1. The molecule has 0 saturated carbocycles. The molecule has 0 amide bonds. The Morgan fingerprint density at radius 1 is 1.12 bits per heavy atom. The van der Waals surface area contributed by atoms with Crippen molar-refractivity contribution in [2.24, 2.45) is 0 Å². The van der Waals surface area contributed by atoms with Gasteiger partial charge in [0.1, 0.15) is 5.69 Å². The first-order chi connectivity index (χ1) is 12.0. The number of halogens is 2. The normalized spacial score (nSPS) is 11.6. The van der Waals surface area contributed by atoms with Gasteiger partial charge in [0.25, 0.3) is 10.0 Å². The second-order valence-electron chi connectivity index (χ2n) is 5.16. The van der Waals surface area contributed by atoms with Crippen LogP contribution in [0.1, 0.15) is 5.56 Å². The molecule has 130 valence electrons. The number of hydrogen-bond acceptors (Lipinski definition) is 5. The Morgan fingerprint density at radius 2 is 1.88 bits per heavy atom. The van der Waals surface area contributed by atoms with Crippen LogP contribution in [-0.4, -0.2) is 29.4 Å². The van der Waals surface area contributed by atoms with E-state index in [9.17, 15) is 17.2 Å². The van der Waals surface area contributed by atoms with Crippen molar-refractivity contribution in [3.8, 4) is 11.3 Å². The molecular formula is C16H14F2N4O2S. The van der Waals surface area contributed by atoms with Gasteiger partial charge in [-0.25, -0.2) is 18.3 Å². The van der Waals surface area contributed by atoms with E-state index in [1.165, 1.54) is 36.7 Å². The number of hydrogen-bond donors (Lipinski definition) is 1. The third kappa shape index (κ3) is 3.03. The average molecular weight is 364 g/mol. The van der Waals surface area contributed by atoms with E-state index in [1.807, 2.05) is 0 Å². The van der Waals surface area contributed by atoms with Crippen molar-refractivity contribution in [3.63, 3.8) is 0 Å². The number of rotatable bonds is 5. The molecule has 25 heavy (non-hydrogen) atoms. The lowest BCUT2D eigenvalue weighted by molar-refractivity contribution is 0.573. The Kier molecular flexibility index (Phi) is 4.60. The highest BCUT2D eigenvalue weighted by Gasteiger charge is 2.28. The molecule has 0 fully saturated rings.